The minimum Gasteiger partial charge on any atom is -0.397 e. The van der Waals surface area contributed by atoms with E-state index < -0.39 is 12.7 Å². The first-order chi connectivity index (χ1) is 7.70. The first kappa shape index (κ1) is 14.1. The van der Waals surface area contributed by atoms with E-state index in [1.54, 1.807) is 13.8 Å². The molecule has 3 nitrogen and oxygen atoms in total. The lowest BCUT2D eigenvalue weighted by Crippen LogP contribution is -2.39. The summed E-state index contributed by atoms with van der Waals surface area (Å²) in [7, 11) is 0. The summed E-state index contributed by atoms with van der Waals surface area (Å²) in [6.07, 6.45) is -2.93. The second-order valence-corrected chi connectivity index (χ2v) is 4.77. The Morgan fingerprint density at radius 3 is 2.47 bits per heavy atom. The molecule has 0 fully saturated rings. The molecule has 0 atom stereocenters. The Morgan fingerprint density at radius 1 is 1.47 bits per heavy atom. The van der Waals surface area contributed by atoms with E-state index in [2.05, 4.69) is 20.9 Å². The van der Waals surface area contributed by atoms with Crippen LogP contribution < -0.4 is 10.6 Å². The summed E-state index contributed by atoms with van der Waals surface area (Å²) in [5, 5.41) is 0. The number of pyridine rings is 1. The van der Waals surface area contributed by atoms with Gasteiger partial charge in [-0.2, -0.15) is 13.2 Å². The van der Waals surface area contributed by atoms with E-state index in [1.165, 1.54) is 17.2 Å². The third-order valence-corrected chi connectivity index (χ3v) is 2.67. The van der Waals surface area contributed by atoms with Gasteiger partial charge in [-0.25, -0.2) is 4.98 Å². The number of hydrogen-bond donors (Lipinski definition) is 1. The Hall–Kier alpha value is -0.980. The molecule has 0 aromatic carbocycles. The van der Waals surface area contributed by atoms with Crippen LogP contribution in [-0.4, -0.2) is 23.7 Å². The number of nitrogens with zero attached hydrogens (tertiary/aromatic N) is 2. The van der Waals surface area contributed by atoms with Gasteiger partial charge in [-0.3, -0.25) is 0 Å². The molecule has 0 saturated heterocycles. The van der Waals surface area contributed by atoms with Gasteiger partial charge in [0, 0.05) is 6.04 Å². The van der Waals surface area contributed by atoms with Crippen molar-refractivity contribution in [3.8, 4) is 0 Å². The molecular formula is C10H13BrF3N3. The van der Waals surface area contributed by atoms with Gasteiger partial charge in [0.05, 0.1) is 16.4 Å². The number of hydrogen-bond acceptors (Lipinski definition) is 3. The standard InChI is InChI=1S/C10H13BrF3N3/c1-6(2)17(5-10(12,13)14)9-8(11)3-7(15)4-16-9/h3-4,6H,5,15H2,1-2H3. The second-order valence-electron chi connectivity index (χ2n) is 3.91. The maximum Gasteiger partial charge on any atom is 0.405 e. The van der Waals surface area contributed by atoms with Crippen LogP contribution in [0.4, 0.5) is 24.7 Å². The van der Waals surface area contributed by atoms with Crippen molar-refractivity contribution in [3.63, 3.8) is 0 Å². The molecule has 0 amide bonds. The minimum atomic E-state index is -4.27. The fraction of sp³-hybridized carbons (Fsp3) is 0.500. The SMILES string of the molecule is CC(C)N(CC(F)(F)F)c1ncc(N)cc1Br. The number of nitrogen functional groups attached to an aromatic ring is 1. The van der Waals surface area contributed by atoms with Crippen LogP contribution in [0.5, 0.6) is 0 Å². The third-order valence-electron chi connectivity index (χ3n) is 2.09. The van der Waals surface area contributed by atoms with E-state index in [4.69, 9.17) is 5.73 Å². The quantitative estimate of drug-likeness (QED) is 0.932. The zero-order valence-electron chi connectivity index (χ0n) is 9.42. The van der Waals surface area contributed by atoms with E-state index >= 15 is 0 Å². The molecule has 2 N–H and O–H groups in total. The number of halogens is 4. The predicted octanol–water partition coefficient (Wildman–Crippen LogP) is 3.20. The molecule has 96 valence electrons. The zero-order chi connectivity index (χ0) is 13.2. The molecule has 1 heterocycles. The van der Waals surface area contributed by atoms with Crippen LogP contribution in [-0.2, 0) is 0 Å². The predicted molar refractivity (Wildman–Crippen MR) is 64.9 cm³/mol. The summed E-state index contributed by atoms with van der Waals surface area (Å²) < 4.78 is 37.8. The molecule has 0 bridgehead atoms. The maximum absolute atomic E-state index is 12.5. The molecule has 1 aromatic rings. The van der Waals surface area contributed by atoms with Gasteiger partial charge in [0.15, 0.2) is 0 Å². The normalized spacial score (nSPS) is 11.9. The molecule has 0 radical (unpaired) electrons. The molecule has 0 saturated carbocycles. The van der Waals surface area contributed by atoms with Gasteiger partial charge >= 0.3 is 6.18 Å². The third kappa shape index (κ3) is 4.07. The molecule has 0 aliphatic heterocycles. The number of alkyl halides is 3. The Labute approximate surface area is 106 Å². The van der Waals surface area contributed by atoms with Gasteiger partial charge < -0.3 is 10.6 Å². The topological polar surface area (TPSA) is 42.2 Å². The Morgan fingerprint density at radius 2 is 2.06 bits per heavy atom. The van der Waals surface area contributed by atoms with E-state index in [9.17, 15) is 13.2 Å². The second kappa shape index (κ2) is 5.12. The number of anilines is 2. The lowest BCUT2D eigenvalue weighted by atomic mass is 10.3. The first-order valence-electron chi connectivity index (χ1n) is 4.95. The van der Waals surface area contributed by atoms with Crippen molar-refractivity contribution in [2.75, 3.05) is 17.2 Å². The lowest BCUT2D eigenvalue weighted by molar-refractivity contribution is -0.120. The van der Waals surface area contributed by atoms with Crippen LogP contribution in [0, 0.1) is 0 Å². The van der Waals surface area contributed by atoms with E-state index in [1.807, 2.05) is 0 Å². The highest BCUT2D eigenvalue weighted by molar-refractivity contribution is 9.10. The van der Waals surface area contributed by atoms with Crippen molar-refractivity contribution in [1.29, 1.82) is 0 Å². The molecular weight excluding hydrogens is 299 g/mol. The molecule has 0 aliphatic carbocycles. The maximum atomic E-state index is 12.5. The highest BCUT2D eigenvalue weighted by atomic mass is 79.9. The lowest BCUT2D eigenvalue weighted by Gasteiger charge is -2.29. The molecule has 17 heavy (non-hydrogen) atoms. The van der Waals surface area contributed by atoms with Crippen molar-refractivity contribution in [2.45, 2.75) is 26.1 Å². The minimum absolute atomic E-state index is 0.242. The fourth-order valence-corrected chi connectivity index (χ4v) is 1.95. The number of nitrogens with two attached hydrogens (primary N) is 1. The Bertz CT molecular complexity index is 393. The van der Waals surface area contributed by atoms with Gasteiger partial charge in [-0.15, -0.1) is 0 Å². The van der Waals surface area contributed by atoms with Crippen LogP contribution >= 0.6 is 15.9 Å². The first-order valence-corrected chi connectivity index (χ1v) is 5.74. The van der Waals surface area contributed by atoms with Crippen molar-refractivity contribution in [2.24, 2.45) is 0 Å². The van der Waals surface area contributed by atoms with Crippen LogP contribution in [0.25, 0.3) is 0 Å². The van der Waals surface area contributed by atoms with Gasteiger partial charge in [0.25, 0.3) is 0 Å². The highest BCUT2D eigenvalue weighted by Gasteiger charge is 2.33. The Kier molecular flexibility index (Phi) is 4.24. The van der Waals surface area contributed by atoms with Crippen molar-refractivity contribution >= 4 is 27.4 Å². The van der Waals surface area contributed by atoms with Gasteiger partial charge in [0.1, 0.15) is 12.4 Å². The molecule has 0 spiro atoms. The molecule has 1 rings (SSSR count). The highest BCUT2D eigenvalue weighted by Crippen LogP contribution is 2.29. The number of rotatable bonds is 3. The van der Waals surface area contributed by atoms with Crippen LogP contribution in [0.15, 0.2) is 16.7 Å². The van der Waals surface area contributed by atoms with Gasteiger partial charge in [-0.1, -0.05) is 0 Å². The van der Waals surface area contributed by atoms with Gasteiger partial charge in [0.2, 0.25) is 0 Å². The Balaban J connectivity index is 3.06. The average Bonchev–Trinajstić information content (AvgIpc) is 2.13. The van der Waals surface area contributed by atoms with Crippen LogP contribution in [0.1, 0.15) is 13.8 Å². The van der Waals surface area contributed by atoms with Crippen molar-refractivity contribution < 1.29 is 13.2 Å². The summed E-state index contributed by atoms with van der Waals surface area (Å²) in [6, 6.07) is 1.22. The van der Waals surface area contributed by atoms with Crippen molar-refractivity contribution in [1.82, 2.24) is 4.98 Å². The fourth-order valence-electron chi connectivity index (χ4n) is 1.35. The van der Waals surface area contributed by atoms with Crippen molar-refractivity contribution in [3.05, 3.63) is 16.7 Å². The molecule has 0 unspecified atom stereocenters. The summed E-state index contributed by atoms with van der Waals surface area (Å²) in [4.78, 5) is 5.11. The molecule has 1 aromatic heterocycles. The molecule has 0 aliphatic rings. The summed E-state index contributed by atoms with van der Waals surface area (Å²) in [6.45, 7) is 2.31. The number of aromatic nitrogens is 1. The summed E-state index contributed by atoms with van der Waals surface area (Å²) in [5.74, 6) is 0.242. The van der Waals surface area contributed by atoms with E-state index in [0.29, 0.717) is 10.2 Å². The van der Waals surface area contributed by atoms with Crippen LogP contribution in [0.3, 0.4) is 0 Å². The zero-order valence-corrected chi connectivity index (χ0v) is 11.0. The largest absolute Gasteiger partial charge is 0.405 e. The van der Waals surface area contributed by atoms with E-state index in [0.717, 1.165) is 0 Å². The van der Waals surface area contributed by atoms with Crippen LogP contribution in [0.2, 0.25) is 0 Å². The summed E-state index contributed by atoms with van der Waals surface area (Å²) >= 11 is 3.17. The molecule has 7 heteroatoms. The smallest absolute Gasteiger partial charge is 0.397 e. The van der Waals surface area contributed by atoms with Gasteiger partial charge in [-0.05, 0) is 35.8 Å². The monoisotopic (exact) mass is 311 g/mol. The summed E-state index contributed by atoms with van der Waals surface area (Å²) in [5.41, 5.74) is 5.90. The van der Waals surface area contributed by atoms with E-state index in [-0.39, 0.29) is 11.9 Å². The average molecular weight is 312 g/mol.